The van der Waals surface area contributed by atoms with E-state index in [0.717, 1.165) is 40.1 Å². The molecule has 1 N–H and O–H groups in total. The van der Waals surface area contributed by atoms with E-state index < -0.39 is 24.5 Å². The number of halogens is 4. The van der Waals surface area contributed by atoms with Crippen molar-refractivity contribution in [3.63, 3.8) is 0 Å². The van der Waals surface area contributed by atoms with Crippen molar-refractivity contribution >= 4 is 24.2 Å². The number of unbranched alkanes of at least 4 members (excludes halogenated alkanes) is 1. The van der Waals surface area contributed by atoms with Crippen molar-refractivity contribution in [2.75, 3.05) is 32.7 Å². The number of alkyl halides is 3. The fraction of sp³-hybridized carbons (Fsp3) is 0.297. The molecule has 1 fully saturated rings. The molecule has 0 aromatic heterocycles. The number of para-hydroxylation sites is 2. The third-order valence-electron chi connectivity index (χ3n) is 8.63. The van der Waals surface area contributed by atoms with Crippen molar-refractivity contribution < 1.29 is 27.5 Å². The minimum Gasteiger partial charge on any atom is -0.457 e. The molecule has 1 saturated heterocycles. The number of amides is 2. The third kappa shape index (κ3) is 8.15. The predicted molar refractivity (Wildman–Crippen MR) is 178 cm³/mol. The summed E-state index contributed by atoms with van der Waals surface area (Å²) in [6.07, 6.45) is -2.66. The fourth-order valence-electron chi connectivity index (χ4n) is 6.50. The fourth-order valence-corrected chi connectivity index (χ4v) is 6.50. The number of nitrogens with one attached hydrogen (secondary N) is 1. The molecule has 246 valence electrons. The molecule has 0 spiro atoms. The van der Waals surface area contributed by atoms with Crippen LogP contribution in [0.2, 0.25) is 0 Å². The quantitative estimate of drug-likeness (QED) is 0.167. The number of rotatable bonds is 11. The maximum atomic E-state index is 13.8. The molecule has 10 heteroatoms. The Morgan fingerprint density at radius 1 is 0.830 bits per heavy atom. The van der Waals surface area contributed by atoms with Gasteiger partial charge in [0.1, 0.15) is 18.0 Å². The predicted octanol–water partition coefficient (Wildman–Crippen LogP) is 7.69. The van der Waals surface area contributed by atoms with Gasteiger partial charge in [0.25, 0.3) is 5.91 Å². The molecule has 6 rings (SSSR count). The number of carbonyl (C=O) groups is 2. The highest BCUT2D eigenvalue weighted by Crippen LogP contribution is 2.45. The van der Waals surface area contributed by atoms with Crippen LogP contribution in [0.3, 0.4) is 0 Å². The largest absolute Gasteiger partial charge is 0.457 e. The Hall–Kier alpha value is -4.34. The molecule has 4 aromatic rings. The lowest BCUT2D eigenvalue weighted by Crippen LogP contribution is -2.42. The van der Waals surface area contributed by atoms with Gasteiger partial charge in [-0.15, -0.1) is 12.4 Å². The summed E-state index contributed by atoms with van der Waals surface area (Å²) in [7, 11) is 0. The van der Waals surface area contributed by atoms with Gasteiger partial charge in [-0.1, -0.05) is 78.9 Å². The van der Waals surface area contributed by atoms with Gasteiger partial charge in [-0.05, 0) is 72.3 Å². The number of hydrogen-bond acceptors (Lipinski definition) is 4. The van der Waals surface area contributed by atoms with Crippen LogP contribution in [0.5, 0.6) is 11.5 Å². The number of ether oxygens (including phenoxy) is 1. The zero-order valence-corrected chi connectivity index (χ0v) is 26.6. The van der Waals surface area contributed by atoms with Crippen LogP contribution in [-0.2, 0) is 4.79 Å². The van der Waals surface area contributed by atoms with Crippen LogP contribution in [-0.4, -0.2) is 66.6 Å². The van der Waals surface area contributed by atoms with Gasteiger partial charge in [0.2, 0.25) is 5.91 Å². The number of benzene rings is 4. The average molecular weight is 664 g/mol. The first-order valence-electron chi connectivity index (χ1n) is 15.7. The van der Waals surface area contributed by atoms with Crippen LogP contribution in [0.1, 0.15) is 46.7 Å². The van der Waals surface area contributed by atoms with Crippen molar-refractivity contribution in [2.45, 2.75) is 37.4 Å². The second kappa shape index (κ2) is 15.0. The molecule has 47 heavy (non-hydrogen) atoms. The molecular formula is C37H37ClF3N3O3. The SMILES string of the molecule is Cl.O=C(NC1CCN(CCCCN(CC(F)(F)F)C(=O)C2c3ccccc3-c3ccccc32)C1)c1ccccc1Oc1ccccc1. The first-order valence-corrected chi connectivity index (χ1v) is 15.7. The molecule has 0 radical (unpaired) electrons. The van der Waals surface area contributed by atoms with E-state index in [9.17, 15) is 22.8 Å². The van der Waals surface area contributed by atoms with Gasteiger partial charge in [-0.3, -0.25) is 9.59 Å². The minimum absolute atomic E-state index is 0. The first kappa shape index (κ1) is 34.0. The van der Waals surface area contributed by atoms with Crippen molar-refractivity contribution in [1.82, 2.24) is 15.1 Å². The van der Waals surface area contributed by atoms with Crippen molar-refractivity contribution in [2.24, 2.45) is 0 Å². The summed E-state index contributed by atoms with van der Waals surface area (Å²) in [5.41, 5.74) is 3.74. The molecule has 2 amide bonds. The zero-order valence-electron chi connectivity index (χ0n) is 25.8. The molecule has 1 aliphatic carbocycles. The second-order valence-corrected chi connectivity index (χ2v) is 11.9. The van der Waals surface area contributed by atoms with Crippen LogP contribution >= 0.6 is 12.4 Å². The average Bonchev–Trinajstić information content (AvgIpc) is 3.64. The van der Waals surface area contributed by atoms with Crippen LogP contribution in [0.15, 0.2) is 103 Å². The van der Waals surface area contributed by atoms with Gasteiger partial charge >= 0.3 is 6.18 Å². The van der Waals surface area contributed by atoms with E-state index in [2.05, 4.69) is 10.2 Å². The number of hydrogen-bond donors (Lipinski definition) is 1. The highest BCUT2D eigenvalue weighted by Gasteiger charge is 2.40. The van der Waals surface area contributed by atoms with Crippen LogP contribution < -0.4 is 10.1 Å². The summed E-state index contributed by atoms with van der Waals surface area (Å²) in [6.45, 7) is 0.830. The van der Waals surface area contributed by atoms with Crippen LogP contribution in [0.4, 0.5) is 13.2 Å². The summed E-state index contributed by atoms with van der Waals surface area (Å²) >= 11 is 0. The molecule has 6 nitrogen and oxygen atoms in total. The Bertz CT molecular complexity index is 1640. The summed E-state index contributed by atoms with van der Waals surface area (Å²) in [6, 6.07) is 31.2. The summed E-state index contributed by atoms with van der Waals surface area (Å²) in [5, 5.41) is 3.11. The highest BCUT2D eigenvalue weighted by atomic mass is 35.5. The van der Waals surface area contributed by atoms with Gasteiger partial charge in [-0.2, -0.15) is 13.2 Å². The molecule has 4 aromatic carbocycles. The zero-order chi connectivity index (χ0) is 32.1. The maximum absolute atomic E-state index is 13.8. The van der Waals surface area contributed by atoms with Crippen molar-refractivity contribution in [3.05, 3.63) is 120 Å². The standard InChI is InChI=1S/C37H36F3N3O3.ClH/c38-37(39,40)25-43(36(45)34-30-16-6-4-14-28(30)29-15-5-7-17-31(29)34)22-11-10-21-42-23-20-26(24-42)41-35(44)32-18-8-9-19-33(32)46-27-12-2-1-3-13-27;/h1-9,12-19,26,34H,10-11,20-25H2,(H,41,44);1H. The number of nitrogens with zero attached hydrogens (tertiary/aromatic N) is 2. The summed E-state index contributed by atoms with van der Waals surface area (Å²) in [4.78, 5) is 30.1. The van der Waals surface area contributed by atoms with Crippen molar-refractivity contribution in [3.8, 4) is 22.6 Å². The molecule has 1 atom stereocenters. The Kier molecular flexibility index (Phi) is 10.9. The lowest BCUT2D eigenvalue weighted by atomic mass is 9.95. The van der Waals surface area contributed by atoms with E-state index >= 15 is 0 Å². The molecule has 1 heterocycles. The topological polar surface area (TPSA) is 61.9 Å². The lowest BCUT2D eigenvalue weighted by molar-refractivity contribution is -0.161. The Morgan fingerprint density at radius 2 is 1.45 bits per heavy atom. The first-order chi connectivity index (χ1) is 22.3. The smallest absolute Gasteiger partial charge is 0.406 e. The lowest BCUT2D eigenvalue weighted by Gasteiger charge is -2.28. The molecule has 0 bridgehead atoms. The van der Waals surface area contributed by atoms with E-state index in [1.165, 1.54) is 0 Å². The molecule has 1 aliphatic heterocycles. The van der Waals surface area contributed by atoms with E-state index in [-0.39, 0.29) is 30.9 Å². The molecule has 1 unspecified atom stereocenters. The molecule has 2 aliphatic rings. The van der Waals surface area contributed by atoms with Crippen molar-refractivity contribution in [1.29, 1.82) is 0 Å². The number of likely N-dealkylation sites (tertiary alicyclic amines) is 1. The Balaban J connectivity index is 0.00000433. The van der Waals surface area contributed by atoms with Gasteiger partial charge in [-0.25, -0.2) is 0 Å². The number of carbonyl (C=O) groups excluding carboxylic acids is 2. The van der Waals surface area contributed by atoms with Gasteiger partial charge in [0, 0.05) is 25.7 Å². The second-order valence-electron chi connectivity index (χ2n) is 11.9. The number of fused-ring (bicyclic) bond motifs is 3. The summed E-state index contributed by atoms with van der Waals surface area (Å²) in [5.74, 6) is -0.363. The molecule has 0 saturated carbocycles. The van der Waals surface area contributed by atoms with Crippen LogP contribution in [0.25, 0.3) is 11.1 Å². The monoisotopic (exact) mass is 663 g/mol. The van der Waals surface area contributed by atoms with E-state index in [4.69, 9.17) is 4.74 Å². The Labute approximate surface area is 278 Å². The maximum Gasteiger partial charge on any atom is 0.406 e. The van der Waals surface area contributed by atoms with E-state index in [1.807, 2.05) is 84.9 Å². The van der Waals surface area contributed by atoms with E-state index in [0.29, 0.717) is 43.0 Å². The van der Waals surface area contributed by atoms with Gasteiger partial charge in [0.05, 0.1) is 11.5 Å². The Morgan fingerprint density at radius 3 is 2.13 bits per heavy atom. The third-order valence-corrected chi connectivity index (χ3v) is 8.63. The normalized spacial score (nSPS) is 15.8. The molecular weight excluding hydrogens is 627 g/mol. The highest BCUT2D eigenvalue weighted by molar-refractivity contribution is 5.97. The van der Waals surface area contributed by atoms with Gasteiger partial charge < -0.3 is 19.9 Å². The van der Waals surface area contributed by atoms with E-state index in [1.54, 1.807) is 18.2 Å². The van der Waals surface area contributed by atoms with Gasteiger partial charge in [0.15, 0.2) is 0 Å². The summed E-state index contributed by atoms with van der Waals surface area (Å²) < 4.78 is 46.9. The van der Waals surface area contributed by atoms with Crippen LogP contribution in [0, 0.1) is 0 Å². The minimum atomic E-state index is -4.50.